The Morgan fingerprint density at radius 2 is 1.93 bits per heavy atom. The van der Waals surface area contributed by atoms with E-state index in [0.717, 1.165) is 50.9 Å². The lowest BCUT2D eigenvalue weighted by molar-refractivity contribution is -0.116. The Balaban J connectivity index is 1.56. The van der Waals surface area contributed by atoms with E-state index in [-0.39, 0.29) is 18.4 Å². The molecule has 0 saturated carbocycles. The summed E-state index contributed by atoms with van der Waals surface area (Å²) in [5, 5.41) is 3.89. The van der Waals surface area contributed by atoms with Crippen LogP contribution in [0.1, 0.15) is 31.9 Å². The van der Waals surface area contributed by atoms with E-state index in [0.29, 0.717) is 0 Å². The molecule has 5 nitrogen and oxygen atoms in total. The Morgan fingerprint density at radius 3 is 2.70 bits per heavy atom. The first-order chi connectivity index (χ1) is 14.5. The van der Waals surface area contributed by atoms with Crippen molar-refractivity contribution < 1.29 is 9.59 Å². The largest absolute Gasteiger partial charge is 0.332 e. The van der Waals surface area contributed by atoms with Crippen molar-refractivity contribution in [3.63, 3.8) is 0 Å². The summed E-state index contributed by atoms with van der Waals surface area (Å²) in [5.41, 5.74) is 4.84. The maximum atomic E-state index is 13.4. The molecule has 1 aliphatic rings. The van der Waals surface area contributed by atoms with Gasteiger partial charge in [0, 0.05) is 35.8 Å². The lowest BCUT2D eigenvalue weighted by Gasteiger charge is -2.20. The number of fused-ring (bicyclic) bond motifs is 1. The summed E-state index contributed by atoms with van der Waals surface area (Å²) in [7, 11) is 1.70. The molecule has 7 heteroatoms. The number of benzene rings is 1. The molecule has 2 aromatic heterocycles. The van der Waals surface area contributed by atoms with Gasteiger partial charge in [-0.25, -0.2) is 0 Å². The van der Waals surface area contributed by atoms with Gasteiger partial charge < -0.3 is 14.8 Å². The van der Waals surface area contributed by atoms with Crippen LogP contribution in [0.3, 0.4) is 0 Å². The molecule has 0 bridgehead atoms. The molecule has 1 aromatic carbocycles. The molecular formula is C23H25N3O2S2. The number of aryl methyl sites for hydroxylation is 1. The third-order valence-corrected chi connectivity index (χ3v) is 7.87. The predicted molar refractivity (Wildman–Crippen MR) is 125 cm³/mol. The third kappa shape index (κ3) is 4.04. The fraction of sp³-hybridized carbons (Fsp3) is 0.304. The van der Waals surface area contributed by atoms with Crippen LogP contribution in [0.25, 0.3) is 5.00 Å². The van der Waals surface area contributed by atoms with Crippen LogP contribution in [-0.2, 0) is 17.0 Å². The van der Waals surface area contributed by atoms with Crippen LogP contribution in [0.5, 0.6) is 0 Å². The standard InChI is InChI=1S/C23H25N3O2S2/c1-15-7-6-8-18(16(15)2)24-20(27)13-25(3)22(28)21-17-9-12-29-14-19(17)30-23(21)26-10-4-5-11-26/h4-8,10-11H,9,12-14H2,1-3H3,(H,24,27). The van der Waals surface area contributed by atoms with Crippen LogP contribution < -0.4 is 5.32 Å². The number of aromatic nitrogens is 1. The van der Waals surface area contributed by atoms with E-state index >= 15 is 0 Å². The minimum absolute atomic E-state index is 0.0106. The van der Waals surface area contributed by atoms with Gasteiger partial charge in [-0.15, -0.1) is 11.3 Å². The third-order valence-electron chi connectivity index (χ3n) is 5.46. The maximum Gasteiger partial charge on any atom is 0.257 e. The lowest BCUT2D eigenvalue weighted by Crippen LogP contribution is -2.35. The molecule has 1 aliphatic heterocycles. The summed E-state index contributed by atoms with van der Waals surface area (Å²) >= 11 is 3.59. The van der Waals surface area contributed by atoms with Crippen molar-refractivity contribution in [2.24, 2.45) is 0 Å². The molecule has 0 spiro atoms. The smallest absolute Gasteiger partial charge is 0.257 e. The summed E-state index contributed by atoms with van der Waals surface area (Å²) in [5.74, 6) is 1.67. The van der Waals surface area contributed by atoms with Crippen LogP contribution >= 0.6 is 23.1 Å². The highest BCUT2D eigenvalue weighted by atomic mass is 32.2. The SMILES string of the molecule is Cc1cccc(NC(=O)CN(C)C(=O)c2c(-n3cccc3)sc3c2CCSC3)c1C. The highest BCUT2D eigenvalue weighted by Gasteiger charge is 2.28. The normalized spacial score (nSPS) is 13.0. The van der Waals surface area contributed by atoms with E-state index in [1.54, 1.807) is 18.4 Å². The second-order valence-corrected chi connectivity index (χ2v) is 9.72. The molecule has 156 valence electrons. The highest BCUT2D eigenvalue weighted by Crippen LogP contribution is 2.38. The van der Waals surface area contributed by atoms with Gasteiger partial charge in [-0.3, -0.25) is 9.59 Å². The number of nitrogens with one attached hydrogen (secondary N) is 1. The molecule has 0 fully saturated rings. The van der Waals surface area contributed by atoms with Gasteiger partial charge in [-0.2, -0.15) is 11.8 Å². The van der Waals surface area contributed by atoms with E-state index in [1.807, 2.05) is 72.9 Å². The molecule has 3 aromatic rings. The summed E-state index contributed by atoms with van der Waals surface area (Å²) < 4.78 is 2.00. The molecule has 0 atom stereocenters. The Bertz CT molecular complexity index is 1090. The first kappa shape index (κ1) is 20.8. The first-order valence-electron chi connectivity index (χ1n) is 9.93. The van der Waals surface area contributed by atoms with E-state index < -0.39 is 0 Å². The molecule has 0 aliphatic carbocycles. The number of anilines is 1. The second-order valence-electron chi connectivity index (χ2n) is 7.53. The summed E-state index contributed by atoms with van der Waals surface area (Å²) in [4.78, 5) is 28.9. The molecule has 2 amide bonds. The van der Waals surface area contributed by atoms with Crippen molar-refractivity contribution in [2.75, 3.05) is 24.7 Å². The molecule has 3 heterocycles. The number of thiophene rings is 1. The van der Waals surface area contributed by atoms with Gasteiger partial charge in [0.05, 0.1) is 12.1 Å². The Kier molecular flexibility index (Phi) is 6.01. The summed E-state index contributed by atoms with van der Waals surface area (Å²) in [6, 6.07) is 9.75. The fourth-order valence-corrected chi connectivity index (χ4v) is 6.08. The zero-order valence-corrected chi connectivity index (χ0v) is 19.0. The predicted octanol–water partition coefficient (Wildman–Crippen LogP) is 4.66. The quantitative estimate of drug-likeness (QED) is 0.629. The number of carbonyl (C=O) groups is 2. The van der Waals surface area contributed by atoms with Gasteiger partial charge >= 0.3 is 0 Å². The van der Waals surface area contributed by atoms with Gasteiger partial charge in [0.15, 0.2) is 0 Å². The van der Waals surface area contributed by atoms with Crippen LogP contribution in [-0.4, -0.2) is 40.6 Å². The second kappa shape index (κ2) is 8.70. The number of thioether (sulfide) groups is 1. The van der Waals surface area contributed by atoms with E-state index in [2.05, 4.69) is 5.32 Å². The summed E-state index contributed by atoms with van der Waals surface area (Å²) in [6.07, 6.45) is 4.82. The molecule has 0 saturated heterocycles. The molecular weight excluding hydrogens is 414 g/mol. The van der Waals surface area contributed by atoms with E-state index in [1.165, 1.54) is 9.78 Å². The number of nitrogens with zero attached hydrogens (tertiary/aromatic N) is 2. The van der Waals surface area contributed by atoms with Crippen LogP contribution in [0, 0.1) is 13.8 Å². The topological polar surface area (TPSA) is 54.3 Å². The van der Waals surface area contributed by atoms with Crippen molar-refractivity contribution in [3.8, 4) is 5.00 Å². The van der Waals surface area contributed by atoms with Crippen LogP contribution in [0.4, 0.5) is 5.69 Å². The van der Waals surface area contributed by atoms with Crippen molar-refractivity contribution in [1.82, 2.24) is 9.47 Å². The van der Waals surface area contributed by atoms with Gasteiger partial charge in [0.1, 0.15) is 5.00 Å². The van der Waals surface area contributed by atoms with Crippen LogP contribution in [0.2, 0.25) is 0 Å². The molecule has 30 heavy (non-hydrogen) atoms. The average molecular weight is 440 g/mol. The molecule has 4 rings (SSSR count). The van der Waals surface area contributed by atoms with Crippen molar-refractivity contribution in [2.45, 2.75) is 26.0 Å². The van der Waals surface area contributed by atoms with E-state index in [4.69, 9.17) is 0 Å². The Hall–Kier alpha value is -2.51. The molecule has 0 unspecified atom stereocenters. The average Bonchev–Trinajstić information content (AvgIpc) is 3.38. The van der Waals surface area contributed by atoms with Gasteiger partial charge in [0.25, 0.3) is 5.91 Å². The zero-order chi connectivity index (χ0) is 21.3. The minimum atomic E-state index is -0.193. The van der Waals surface area contributed by atoms with E-state index in [9.17, 15) is 9.59 Å². The first-order valence-corrected chi connectivity index (χ1v) is 11.9. The van der Waals surface area contributed by atoms with Crippen LogP contribution in [0.15, 0.2) is 42.7 Å². The molecule has 1 N–H and O–H groups in total. The number of rotatable bonds is 5. The zero-order valence-electron chi connectivity index (χ0n) is 17.4. The van der Waals surface area contributed by atoms with Crippen molar-refractivity contribution in [3.05, 3.63) is 69.9 Å². The fourth-order valence-electron chi connectivity index (χ4n) is 3.64. The Labute approximate surface area is 185 Å². The highest BCUT2D eigenvalue weighted by molar-refractivity contribution is 7.98. The minimum Gasteiger partial charge on any atom is -0.332 e. The van der Waals surface area contributed by atoms with Gasteiger partial charge in [-0.1, -0.05) is 12.1 Å². The van der Waals surface area contributed by atoms with Crippen molar-refractivity contribution in [1.29, 1.82) is 0 Å². The number of amides is 2. The number of carbonyl (C=O) groups excluding carboxylic acids is 2. The Morgan fingerprint density at radius 1 is 1.17 bits per heavy atom. The molecule has 0 radical (unpaired) electrons. The van der Waals surface area contributed by atoms with Gasteiger partial charge in [-0.05, 0) is 60.9 Å². The number of hydrogen-bond donors (Lipinski definition) is 1. The number of likely N-dealkylation sites (N-methyl/N-ethyl adjacent to an activating group) is 1. The summed E-state index contributed by atoms with van der Waals surface area (Å²) in [6.45, 7) is 4.01. The number of hydrogen-bond acceptors (Lipinski definition) is 4. The lowest BCUT2D eigenvalue weighted by atomic mass is 10.1. The van der Waals surface area contributed by atoms with Gasteiger partial charge in [0.2, 0.25) is 5.91 Å². The monoisotopic (exact) mass is 439 g/mol. The maximum absolute atomic E-state index is 13.4. The van der Waals surface area contributed by atoms with Crippen molar-refractivity contribution >= 4 is 40.6 Å².